The Bertz CT molecular complexity index is 1070. The van der Waals surface area contributed by atoms with Crippen LogP contribution in [0, 0.1) is 5.82 Å². The molecule has 0 unspecified atom stereocenters. The third kappa shape index (κ3) is 4.77. The number of fused-ring (bicyclic) bond motifs is 1. The molecule has 1 N–H and O–H groups in total. The van der Waals surface area contributed by atoms with E-state index < -0.39 is 24.3 Å². The molecule has 140 valence electrons. The van der Waals surface area contributed by atoms with Crippen LogP contribution in [0.2, 0.25) is 0 Å². The van der Waals surface area contributed by atoms with E-state index in [9.17, 15) is 18.8 Å². The highest BCUT2D eigenvalue weighted by Gasteiger charge is 2.12. The second-order valence-corrected chi connectivity index (χ2v) is 7.28. The lowest BCUT2D eigenvalue weighted by Gasteiger charge is -2.08. The minimum Gasteiger partial charge on any atom is -0.456 e. The number of nitrogens with one attached hydrogen (secondary N) is 1. The summed E-state index contributed by atoms with van der Waals surface area (Å²) in [5, 5.41) is 4.58. The van der Waals surface area contributed by atoms with Crippen molar-refractivity contribution in [3.63, 3.8) is 0 Å². The predicted molar refractivity (Wildman–Crippen MR) is 102 cm³/mol. The first-order chi connectivity index (χ1) is 12.9. The molecule has 3 rings (SSSR count). The number of aromatic nitrogens is 2. The maximum atomic E-state index is 13.7. The fourth-order valence-corrected chi connectivity index (χ4v) is 3.32. The first kappa shape index (κ1) is 19.2. The highest BCUT2D eigenvalue weighted by Crippen LogP contribution is 2.19. The number of carbonyl (C=O) groups excluding carboxylic acids is 2. The molecule has 0 aliphatic carbocycles. The zero-order chi connectivity index (χ0) is 19.4. The van der Waals surface area contributed by atoms with Crippen LogP contribution >= 0.6 is 27.3 Å². The van der Waals surface area contributed by atoms with Crippen LogP contribution in [0.4, 0.5) is 10.1 Å². The van der Waals surface area contributed by atoms with Crippen molar-refractivity contribution in [2.24, 2.45) is 0 Å². The van der Waals surface area contributed by atoms with Crippen LogP contribution < -0.4 is 10.9 Å². The van der Waals surface area contributed by atoms with Gasteiger partial charge < -0.3 is 10.1 Å². The van der Waals surface area contributed by atoms with Gasteiger partial charge in [0.2, 0.25) is 0 Å². The smallest absolute Gasteiger partial charge is 0.308 e. The molecule has 2 heterocycles. The van der Waals surface area contributed by atoms with Gasteiger partial charge in [-0.2, -0.15) is 0 Å². The predicted octanol–water partition coefficient (Wildman–Crippen LogP) is 2.93. The van der Waals surface area contributed by atoms with Crippen LogP contribution in [0.3, 0.4) is 0 Å². The summed E-state index contributed by atoms with van der Waals surface area (Å²) in [4.78, 5) is 40.5. The van der Waals surface area contributed by atoms with Gasteiger partial charge in [-0.25, -0.2) is 9.37 Å². The van der Waals surface area contributed by atoms with Crippen LogP contribution in [0.5, 0.6) is 0 Å². The Kier molecular flexibility index (Phi) is 5.97. The summed E-state index contributed by atoms with van der Waals surface area (Å²) in [5.74, 6) is -1.93. The molecule has 0 saturated heterocycles. The fraction of sp³-hybridized carbons (Fsp3) is 0.176. The number of rotatable bonds is 6. The number of hydrogen-bond acceptors (Lipinski definition) is 6. The second-order valence-electron chi connectivity index (χ2n) is 5.47. The molecule has 1 aromatic carbocycles. The SMILES string of the molecule is O=C(COC(=O)CCn1cnc2sccc2c1=O)Nc1ccc(Br)cc1F. The fourth-order valence-electron chi connectivity index (χ4n) is 2.26. The number of halogens is 2. The lowest BCUT2D eigenvalue weighted by Crippen LogP contribution is -2.24. The largest absolute Gasteiger partial charge is 0.456 e. The Labute approximate surface area is 164 Å². The molecule has 0 saturated carbocycles. The van der Waals surface area contributed by atoms with Crippen molar-refractivity contribution in [3.8, 4) is 0 Å². The van der Waals surface area contributed by atoms with Gasteiger partial charge in [0.15, 0.2) is 6.61 Å². The van der Waals surface area contributed by atoms with E-state index in [0.29, 0.717) is 14.7 Å². The van der Waals surface area contributed by atoms with Crippen LogP contribution in [0.15, 0.2) is 45.2 Å². The summed E-state index contributed by atoms with van der Waals surface area (Å²) in [6, 6.07) is 5.84. The standard InChI is InChI=1S/C17H13BrFN3O4S/c18-10-1-2-13(12(19)7-10)21-14(23)8-26-15(24)3-5-22-9-20-16-11(17(22)25)4-6-27-16/h1-2,4,6-7,9H,3,5,8H2,(H,21,23). The molecule has 3 aromatic rings. The number of carbonyl (C=O) groups is 2. The van der Waals surface area contributed by atoms with E-state index >= 15 is 0 Å². The topological polar surface area (TPSA) is 90.3 Å². The molecule has 1 amide bonds. The van der Waals surface area contributed by atoms with Crippen molar-refractivity contribution < 1.29 is 18.7 Å². The summed E-state index contributed by atoms with van der Waals surface area (Å²) in [5.41, 5.74) is -0.251. The van der Waals surface area contributed by atoms with Crippen LogP contribution in [0.1, 0.15) is 6.42 Å². The second kappa shape index (κ2) is 8.40. The average molecular weight is 454 g/mol. The number of aryl methyl sites for hydroxylation is 1. The third-order valence-corrected chi connectivity index (χ3v) is 4.89. The van der Waals surface area contributed by atoms with Gasteiger partial charge >= 0.3 is 5.97 Å². The molecule has 2 aromatic heterocycles. The molecule has 0 bridgehead atoms. The first-order valence-corrected chi connectivity index (χ1v) is 9.44. The summed E-state index contributed by atoms with van der Waals surface area (Å²) >= 11 is 4.47. The van der Waals surface area contributed by atoms with Gasteiger partial charge in [-0.15, -0.1) is 11.3 Å². The molecule has 0 spiro atoms. The van der Waals surface area contributed by atoms with E-state index in [1.165, 1.54) is 34.4 Å². The third-order valence-electron chi connectivity index (χ3n) is 3.58. The van der Waals surface area contributed by atoms with E-state index in [0.717, 1.165) is 0 Å². The Morgan fingerprint density at radius 1 is 1.33 bits per heavy atom. The van der Waals surface area contributed by atoms with E-state index in [1.807, 2.05) is 0 Å². The van der Waals surface area contributed by atoms with Crippen LogP contribution in [-0.2, 0) is 20.9 Å². The quantitative estimate of drug-likeness (QED) is 0.579. The molecule has 10 heteroatoms. The molecule has 27 heavy (non-hydrogen) atoms. The van der Waals surface area contributed by atoms with Gasteiger partial charge in [-0.05, 0) is 29.6 Å². The average Bonchev–Trinajstić information content (AvgIpc) is 3.11. The van der Waals surface area contributed by atoms with Gasteiger partial charge in [0, 0.05) is 11.0 Å². The minimum atomic E-state index is -0.664. The molecule has 0 atom stereocenters. The van der Waals surface area contributed by atoms with Crippen molar-refractivity contribution in [1.29, 1.82) is 0 Å². The molecular weight excluding hydrogens is 441 g/mol. The van der Waals surface area contributed by atoms with Gasteiger partial charge in [-0.3, -0.25) is 19.0 Å². The number of benzene rings is 1. The Hall–Kier alpha value is -2.59. The van der Waals surface area contributed by atoms with Gasteiger partial charge in [0.05, 0.1) is 23.8 Å². The van der Waals surface area contributed by atoms with Gasteiger partial charge in [0.25, 0.3) is 11.5 Å². The Morgan fingerprint density at radius 2 is 2.15 bits per heavy atom. The number of amides is 1. The number of anilines is 1. The normalized spacial score (nSPS) is 10.7. The molecule has 7 nitrogen and oxygen atoms in total. The Morgan fingerprint density at radius 3 is 2.93 bits per heavy atom. The van der Waals surface area contributed by atoms with Crippen molar-refractivity contribution in [1.82, 2.24) is 9.55 Å². The molecule has 0 radical (unpaired) electrons. The maximum Gasteiger partial charge on any atom is 0.308 e. The highest BCUT2D eigenvalue weighted by atomic mass is 79.9. The van der Waals surface area contributed by atoms with E-state index in [1.54, 1.807) is 17.5 Å². The molecule has 0 fully saturated rings. The molecule has 0 aliphatic rings. The summed E-state index contributed by atoms with van der Waals surface area (Å²) in [7, 11) is 0. The number of hydrogen-bond donors (Lipinski definition) is 1. The minimum absolute atomic E-state index is 0.0130. The molecule has 0 aliphatic heterocycles. The van der Waals surface area contributed by atoms with Crippen molar-refractivity contribution in [2.75, 3.05) is 11.9 Å². The summed E-state index contributed by atoms with van der Waals surface area (Å²) in [6.07, 6.45) is 1.27. The van der Waals surface area contributed by atoms with E-state index in [4.69, 9.17) is 4.74 Å². The first-order valence-electron chi connectivity index (χ1n) is 7.77. The summed E-state index contributed by atoms with van der Waals surface area (Å²) in [6.45, 7) is -0.468. The monoisotopic (exact) mass is 453 g/mol. The molecular formula is C17H13BrFN3O4S. The van der Waals surface area contributed by atoms with E-state index in [-0.39, 0.29) is 24.2 Å². The maximum absolute atomic E-state index is 13.7. The number of ether oxygens (including phenoxy) is 1. The highest BCUT2D eigenvalue weighted by molar-refractivity contribution is 9.10. The zero-order valence-electron chi connectivity index (χ0n) is 13.8. The lowest BCUT2D eigenvalue weighted by atomic mass is 10.3. The Balaban J connectivity index is 1.49. The van der Waals surface area contributed by atoms with Crippen molar-refractivity contribution in [2.45, 2.75) is 13.0 Å². The van der Waals surface area contributed by atoms with E-state index in [2.05, 4.69) is 26.2 Å². The summed E-state index contributed by atoms with van der Waals surface area (Å²) < 4.78 is 20.4. The van der Waals surface area contributed by atoms with Crippen LogP contribution in [-0.4, -0.2) is 28.0 Å². The van der Waals surface area contributed by atoms with Crippen molar-refractivity contribution >= 4 is 55.0 Å². The lowest BCUT2D eigenvalue weighted by molar-refractivity contribution is -0.147. The zero-order valence-corrected chi connectivity index (χ0v) is 16.2. The van der Waals surface area contributed by atoms with Crippen molar-refractivity contribution in [3.05, 3.63) is 56.6 Å². The van der Waals surface area contributed by atoms with Crippen LogP contribution in [0.25, 0.3) is 10.2 Å². The van der Waals surface area contributed by atoms with Gasteiger partial charge in [0.1, 0.15) is 10.6 Å². The number of thiophene rings is 1. The van der Waals surface area contributed by atoms with Gasteiger partial charge in [-0.1, -0.05) is 15.9 Å². The number of nitrogens with zero attached hydrogens (tertiary/aromatic N) is 2. The number of esters is 1.